The number of rotatable bonds is 1. The molecular formula is C6H6CaCl2O3S. The second kappa shape index (κ2) is 5.16. The molecule has 70 valence electrons. The third-order valence-corrected chi connectivity index (χ3v) is 2.74. The molecule has 0 saturated carbocycles. The smallest absolute Gasteiger partial charge is 1.00 e. The van der Waals surface area contributed by atoms with Gasteiger partial charge in [0, 0.05) is 5.02 Å². The molecule has 1 aromatic rings. The maximum absolute atomic E-state index is 10.6. The summed E-state index contributed by atoms with van der Waals surface area (Å²) in [5.41, 5.74) is 0. The van der Waals surface area contributed by atoms with E-state index in [1.165, 1.54) is 12.1 Å². The molecule has 0 bridgehead atoms. The topological polar surface area (TPSA) is 54.4 Å². The van der Waals surface area contributed by atoms with Gasteiger partial charge in [0.05, 0.1) is 5.02 Å². The maximum Gasteiger partial charge on any atom is 2.00 e. The molecule has 0 spiro atoms. The summed E-state index contributed by atoms with van der Waals surface area (Å²) in [5.74, 6) is 0. The van der Waals surface area contributed by atoms with Crippen LogP contribution in [-0.2, 0) is 10.1 Å². The van der Waals surface area contributed by atoms with E-state index < -0.39 is 10.1 Å². The second-order valence-corrected chi connectivity index (χ2v) is 4.28. The molecule has 13 heavy (non-hydrogen) atoms. The van der Waals surface area contributed by atoms with Gasteiger partial charge < -0.3 is 2.85 Å². The second-order valence-electron chi connectivity index (χ2n) is 2.05. The molecule has 0 saturated heterocycles. The molecular weight excluding hydrogens is 263 g/mol. The van der Waals surface area contributed by atoms with Gasteiger partial charge in [-0.25, -0.2) is 0 Å². The standard InChI is InChI=1S/C6H4Cl2O3S.Ca.2H/c7-4-1-2-6(5(8)3-4)12(9,10)11;;;/h1-3H,(H,9,10,11);;;/q;+2;2*-1. The Labute approximate surface area is 119 Å². The molecule has 1 N–H and O–H groups in total. The van der Waals surface area contributed by atoms with Crippen LogP contribution in [0.5, 0.6) is 0 Å². The van der Waals surface area contributed by atoms with Crippen molar-refractivity contribution in [2.75, 3.05) is 0 Å². The predicted molar refractivity (Wildman–Crippen MR) is 54.3 cm³/mol. The van der Waals surface area contributed by atoms with Gasteiger partial charge in [0.15, 0.2) is 0 Å². The summed E-state index contributed by atoms with van der Waals surface area (Å²) < 4.78 is 29.8. The zero-order valence-corrected chi connectivity index (χ0v) is 10.9. The van der Waals surface area contributed by atoms with E-state index in [-0.39, 0.29) is 50.5 Å². The van der Waals surface area contributed by atoms with E-state index in [0.29, 0.717) is 5.02 Å². The Balaban J connectivity index is -0.000000480. The van der Waals surface area contributed by atoms with E-state index in [2.05, 4.69) is 0 Å². The van der Waals surface area contributed by atoms with Crippen molar-refractivity contribution in [1.82, 2.24) is 0 Å². The Morgan fingerprint density at radius 3 is 2.23 bits per heavy atom. The van der Waals surface area contributed by atoms with Crippen LogP contribution in [-0.4, -0.2) is 50.7 Å². The maximum atomic E-state index is 10.6. The SMILES string of the molecule is O=S(=O)(O)c1ccc(Cl)cc1Cl.[Ca+2].[H-].[H-]. The predicted octanol–water partition coefficient (Wildman–Crippen LogP) is 2.08. The fourth-order valence-corrected chi connectivity index (χ4v) is 1.93. The van der Waals surface area contributed by atoms with E-state index in [9.17, 15) is 8.42 Å². The third kappa shape index (κ3) is 3.91. The molecule has 0 fully saturated rings. The molecule has 3 nitrogen and oxygen atoms in total. The van der Waals surface area contributed by atoms with Gasteiger partial charge in [-0.05, 0) is 18.2 Å². The zero-order chi connectivity index (χ0) is 9.35. The Bertz CT molecular complexity index is 413. The van der Waals surface area contributed by atoms with Crippen LogP contribution in [0, 0.1) is 0 Å². The quantitative estimate of drug-likeness (QED) is 0.627. The Morgan fingerprint density at radius 2 is 1.85 bits per heavy atom. The summed E-state index contributed by atoms with van der Waals surface area (Å²) in [6.07, 6.45) is 0. The Hall–Kier alpha value is 0.970. The summed E-state index contributed by atoms with van der Waals surface area (Å²) in [7, 11) is -4.24. The van der Waals surface area contributed by atoms with E-state index in [1.807, 2.05) is 0 Å². The minimum Gasteiger partial charge on any atom is -1.00 e. The first-order valence-electron chi connectivity index (χ1n) is 2.84. The van der Waals surface area contributed by atoms with Gasteiger partial charge in [0.1, 0.15) is 4.90 Å². The molecule has 0 aromatic heterocycles. The van der Waals surface area contributed by atoms with Crippen molar-refractivity contribution in [1.29, 1.82) is 0 Å². The van der Waals surface area contributed by atoms with Crippen LogP contribution in [0.15, 0.2) is 23.1 Å². The van der Waals surface area contributed by atoms with E-state index in [1.54, 1.807) is 0 Å². The number of halogens is 2. The van der Waals surface area contributed by atoms with Gasteiger partial charge >= 0.3 is 37.7 Å². The van der Waals surface area contributed by atoms with Crippen LogP contribution in [0.25, 0.3) is 0 Å². The molecule has 1 rings (SSSR count). The molecule has 0 heterocycles. The first kappa shape index (κ1) is 14.0. The van der Waals surface area contributed by atoms with E-state index >= 15 is 0 Å². The Morgan fingerprint density at radius 1 is 1.31 bits per heavy atom. The van der Waals surface area contributed by atoms with Crippen molar-refractivity contribution in [3.63, 3.8) is 0 Å². The van der Waals surface area contributed by atoms with Gasteiger partial charge in [-0.2, -0.15) is 8.42 Å². The molecule has 0 aliphatic carbocycles. The average Bonchev–Trinajstić information content (AvgIpc) is 1.83. The van der Waals surface area contributed by atoms with Crippen molar-refractivity contribution in [2.45, 2.75) is 4.90 Å². The molecule has 1 aromatic carbocycles. The van der Waals surface area contributed by atoms with Crippen molar-refractivity contribution in [3.8, 4) is 0 Å². The van der Waals surface area contributed by atoms with Crippen LogP contribution in [0.3, 0.4) is 0 Å². The van der Waals surface area contributed by atoms with Crippen LogP contribution >= 0.6 is 23.2 Å². The van der Waals surface area contributed by atoms with E-state index in [4.69, 9.17) is 27.8 Å². The van der Waals surface area contributed by atoms with Gasteiger partial charge in [-0.1, -0.05) is 23.2 Å². The van der Waals surface area contributed by atoms with Gasteiger partial charge in [-0.15, -0.1) is 0 Å². The van der Waals surface area contributed by atoms with Crippen molar-refractivity contribution in [3.05, 3.63) is 28.2 Å². The van der Waals surface area contributed by atoms with Gasteiger partial charge in [0.2, 0.25) is 0 Å². The first-order chi connectivity index (χ1) is 5.41. The minimum atomic E-state index is -4.24. The molecule has 0 atom stereocenters. The number of hydrogen-bond donors (Lipinski definition) is 1. The summed E-state index contributed by atoms with van der Waals surface area (Å²) >= 11 is 11.0. The van der Waals surface area contributed by atoms with Crippen LogP contribution in [0.2, 0.25) is 10.0 Å². The van der Waals surface area contributed by atoms with Gasteiger partial charge in [0.25, 0.3) is 10.1 Å². The summed E-state index contributed by atoms with van der Waals surface area (Å²) in [6, 6.07) is 3.71. The number of benzene rings is 1. The monoisotopic (exact) mass is 268 g/mol. The molecule has 7 heteroatoms. The molecule has 0 unspecified atom stereocenters. The summed E-state index contributed by atoms with van der Waals surface area (Å²) in [6.45, 7) is 0. The average molecular weight is 269 g/mol. The van der Waals surface area contributed by atoms with Crippen LogP contribution < -0.4 is 0 Å². The van der Waals surface area contributed by atoms with Gasteiger partial charge in [-0.3, -0.25) is 4.55 Å². The van der Waals surface area contributed by atoms with Crippen molar-refractivity contribution < 1.29 is 15.8 Å². The molecule has 0 amide bonds. The fourth-order valence-electron chi connectivity index (χ4n) is 0.684. The molecule has 0 radical (unpaired) electrons. The normalized spacial score (nSPS) is 10.7. The zero-order valence-electron chi connectivity index (χ0n) is 8.37. The largest absolute Gasteiger partial charge is 2.00 e. The minimum absolute atomic E-state index is 0. The fraction of sp³-hybridized carbons (Fsp3) is 0. The van der Waals surface area contributed by atoms with Crippen LogP contribution in [0.1, 0.15) is 2.85 Å². The van der Waals surface area contributed by atoms with Crippen molar-refractivity contribution in [2.24, 2.45) is 0 Å². The third-order valence-electron chi connectivity index (χ3n) is 1.17. The molecule has 0 aliphatic heterocycles. The number of hydrogen-bond acceptors (Lipinski definition) is 2. The summed E-state index contributed by atoms with van der Waals surface area (Å²) in [4.78, 5) is -0.339. The summed E-state index contributed by atoms with van der Waals surface area (Å²) in [5, 5.41) is 0.220. The first-order valence-corrected chi connectivity index (χ1v) is 5.03. The van der Waals surface area contributed by atoms with Crippen LogP contribution in [0.4, 0.5) is 0 Å². The van der Waals surface area contributed by atoms with E-state index in [0.717, 1.165) is 6.07 Å². The molecule has 0 aliphatic rings. The van der Waals surface area contributed by atoms with Crippen molar-refractivity contribution >= 4 is 71.1 Å². The Kier molecular flexibility index (Phi) is 5.55.